The van der Waals surface area contributed by atoms with Crippen LogP contribution in [0.15, 0.2) is 36.8 Å². The molecule has 0 saturated heterocycles. The predicted octanol–water partition coefficient (Wildman–Crippen LogP) is 3.06. The molecular formula is C16H18N4. The van der Waals surface area contributed by atoms with Crippen LogP contribution in [0.2, 0.25) is 0 Å². The number of pyridine rings is 1. The monoisotopic (exact) mass is 266 g/mol. The summed E-state index contributed by atoms with van der Waals surface area (Å²) in [4.78, 5) is 8.94. The van der Waals surface area contributed by atoms with Gasteiger partial charge in [0, 0.05) is 12.2 Å². The summed E-state index contributed by atoms with van der Waals surface area (Å²) < 4.78 is 2.01. The Morgan fingerprint density at radius 3 is 2.50 bits per heavy atom. The van der Waals surface area contributed by atoms with Gasteiger partial charge >= 0.3 is 0 Å². The van der Waals surface area contributed by atoms with Gasteiger partial charge in [-0.25, -0.2) is 9.97 Å². The van der Waals surface area contributed by atoms with Gasteiger partial charge in [0.25, 0.3) is 0 Å². The van der Waals surface area contributed by atoms with Crippen LogP contribution in [0.25, 0.3) is 16.9 Å². The van der Waals surface area contributed by atoms with Gasteiger partial charge < -0.3 is 5.73 Å². The first-order valence-electron chi connectivity index (χ1n) is 6.72. The normalized spacial score (nSPS) is 12.8. The molecule has 0 radical (unpaired) electrons. The average Bonchev–Trinajstić information content (AvgIpc) is 2.82. The van der Waals surface area contributed by atoms with Gasteiger partial charge in [-0.3, -0.25) is 4.57 Å². The summed E-state index contributed by atoms with van der Waals surface area (Å²) in [6, 6.07) is 8.26. The molecule has 0 aliphatic carbocycles. The Labute approximate surface area is 118 Å². The smallest absolute Gasteiger partial charge is 0.138 e. The third-order valence-electron chi connectivity index (χ3n) is 3.71. The highest BCUT2D eigenvalue weighted by molar-refractivity contribution is 5.78. The molecule has 20 heavy (non-hydrogen) atoms. The Morgan fingerprint density at radius 2 is 1.85 bits per heavy atom. The van der Waals surface area contributed by atoms with Crippen molar-refractivity contribution < 1.29 is 0 Å². The number of benzene rings is 1. The summed E-state index contributed by atoms with van der Waals surface area (Å²) >= 11 is 0. The van der Waals surface area contributed by atoms with Crippen molar-refractivity contribution in [3.05, 3.63) is 53.5 Å². The first kappa shape index (κ1) is 12.8. The van der Waals surface area contributed by atoms with Gasteiger partial charge in [0.05, 0.1) is 11.0 Å². The van der Waals surface area contributed by atoms with Gasteiger partial charge in [0.2, 0.25) is 0 Å². The van der Waals surface area contributed by atoms with Crippen LogP contribution in [0, 0.1) is 13.8 Å². The average molecular weight is 266 g/mol. The third kappa shape index (κ3) is 2.08. The number of hydrogen-bond donors (Lipinski definition) is 1. The van der Waals surface area contributed by atoms with E-state index in [0.717, 1.165) is 22.4 Å². The van der Waals surface area contributed by atoms with Crippen molar-refractivity contribution in [2.45, 2.75) is 26.8 Å². The highest BCUT2D eigenvalue weighted by Gasteiger charge is 2.08. The van der Waals surface area contributed by atoms with Crippen molar-refractivity contribution >= 4 is 11.0 Å². The SMILES string of the molecule is Cc1cc2ncn(-c3ccc([C@@H](C)N)cn3)c2cc1C. The maximum Gasteiger partial charge on any atom is 0.138 e. The number of imidazole rings is 1. The summed E-state index contributed by atoms with van der Waals surface area (Å²) in [5, 5.41) is 0. The number of nitrogens with two attached hydrogens (primary N) is 1. The number of aromatic nitrogens is 3. The fraction of sp³-hybridized carbons (Fsp3) is 0.250. The molecule has 0 saturated carbocycles. The van der Waals surface area contributed by atoms with E-state index in [1.807, 2.05) is 36.1 Å². The van der Waals surface area contributed by atoms with E-state index in [1.54, 1.807) is 0 Å². The van der Waals surface area contributed by atoms with Gasteiger partial charge in [0.1, 0.15) is 12.1 Å². The predicted molar refractivity (Wildman–Crippen MR) is 80.9 cm³/mol. The molecular weight excluding hydrogens is 248 g/mol. The zero-order valence-corrected chi connectivity index (χ0v) is 12.0. The van der Waals surface area contributed by atoms with E-state index >= 15 is 0 Å². The minimum absolute atomic E-state index is 0.000903. The van der Waals surface area contributed by atoms with Gasteiger partial charge in [-0.05, 0) is 55.7 Å². The Hall–Kier alpha value is -2.20. The third-order valence-corrected chi connectivity index (χ3v) is 3.71. The Bertz CT molecular complexity index is 754. The number of aryl methyl sites for hydroxylation is 2. The van der Waals surface area contributed by atoms with Gasteiger partial charge in [0.15, 0.2) is 0 Å². The molecule has 2 heterocycles. The Kier molecular flexibility index (Phi) is 3.03. The molecule has 0 aliphatic rings. The standard InChI is InChI=1S/C16H18N4/c1-10-6-14-15(7-11(10)2)20(9-19-14)16-5-4-13(8-18-16)12(3)17/h4-9,12H,17H2,1-3H3/t12-/m1/s1. The molecule has 4 heteroatoms. The summed E-state index contributed by atoms with van der Waals surface area (Å²) in [6.45, 7) is 6.16. The van der Waals surface area contributed by atoms with Crippen LogP contribution in [0.1, 0.15) is 29.7 Å². The summed E-state index contributed by atoms with van der Waals surface area (Å²) in [5.74, 6) is 0.861. The number of rotatable bonds is 2. The number of fused-ring (bicyclic) bond motifs is 1. The van der Waals surface area contributed by atoms with E-state index in [-0.39, 0.29) is 6.04 Å². The number of hydrogen-bond acceptors (Lipinski definition) is 3. The molecule has 0 aliphatic heterocycles. The van der Waals surface area contributed by atoms with Gasteiger partial charge in [-0.15, -0.1) is 0 Å². The zero-order chi connectivity index (χ0) is 14.3. The second-order valence-electron chi connectivity index (χ2n) is 5.28. The molecule has 2 aromatic heterocycles. The largest absolute Gasteiger partial charge is 0.324 e. The summed E-state index contributed by atoms with van der Waals surface area (Å²) in [5.41, 5.74) is 11.5. The van der Waals surface area contributed by atoms with Crippen molar-refractivity contribution in [1.29, 1.82) is 0 Å². The lowest BCUT2D eigenvalue weighted by molar-refractivity contribution is 0.808. The van der Waals surface area contributed by atoms with Crippen LogP contribution in [0.5, 0.6) is 0 Å². The van der Waals surface area contributed by atoms with Crippen molar-refractivity contribution in [3.8, 4) is 5.82 Å². The van der Waals surface area contributed by atoms with Crippen molar-refractivity contribution in [3.63, 3.8) is 0 Å². The van der Waals surface area contributed by atoms with Crippen LogP contribution in [0.4, 0.5) is 0 Å². The molecule has 3 aromatic rings. The van der Waals surface area contributed by atoms with Gasteiger partial charge in [-0.2, -0.15) is 0 Å². The molecule has 0 spiro atoms. The highest BCUT2D eigenvalue weighted by Crippen LogP contribution is 2.21. The lowest BCUT2D eigenvalue weighted by atomic mass is 10.1. The zero-order valence-electron chi connectivity index (χ0n) is 12.0. The highest BCUT2D eigenvalue weighted by atomic mass is 15.1. The summed E-state index contributed by atoms with van der Waals surface area (Å²) in [7, 11) is 0. The van der Waals surface area contributed by atoms with Crippen LogP contribution in [-0.2, 0) is 0 Å². The van der Waals surface area contributed by atoms with E-state index in [1.165, 1.54) is 11.1 Å². The topological polar surface area (TPSA) is 56.7 Å². The maximum absolute atomic E-state index is 5.85. The molecule has 4 nitrogen and oxygen atoms in total. The van der Waals surface area contributed by atoms with Gasteiger partial charge in [-0.1, -0.05) is 6.07 Å². The first-order chi connectivity index (χ1) is 9.56. The fourth-order valence-electron chi connectivity index (χ4n) is 2.26. The van der Waals surface area contributed by atoms with Crippen LogP contribution >= 0.6 is 0 Å². The fourth-order valence-corrected chi connectivity index (χ4v) is 2.26. The van der Waals surface area contributed by atoms with Crippen LogP contribution < -0.4 is 5.73 Å². The van der Waals surface area contributed by atoms with Crippen molar-refractivity contribution in [1.82, 2.24) is 14.5 Å². The quantitative estimate of drug-likeness (QED) is 0.775. The van der Waals surface area contributed by atoms with Crippen molar-refractivity contribution in [2.24, 2.45) is 5.73 Å². The Morgan fingerprint density at radius 1 is 1.10 bits per heavy atom. The molecule has 0 unspecified atom stereocenters. The minimum Gasteiger partial charge on any atom is -0.324 e. The summed E-state index contributed by atoms with van der Waals surface area (Å²) in [6.07, 6.45) is 3.64. The van der Waals surface area contributed by atoms with E-state index in [0.29, 0.717) is 0 Å². The molecule has 2 N–H and O–H groups in total. The second kappa shape index (κ2) is 4.72. The maximum atomic E-state index is 5.85. The molecule has 0 bridgehead atoms. The molecule has 1 atom stereocenters. The number of nitrogens with zero attached hydrogens (tertiary/aromatic N) is 3. The molecule has 0 fully saturated rings. The molecule has 1 aromatic carbocycles. The van der Waals surface area contributed by atoms with E-state index < -0.39 is 0 Å². The molecule has 102 valence electrons. The van der Waals surface area contributed by atoms with Crippen LogP contribution in [-0.4, -0.2) is 14.5 Å². The lowest BCUT2D eigenvalue weighted by Gasteiger charge is -2.08. The van der Waals surface area contributed by atoms with Crippen molar-refractivity contribution in [2.75, 3.05) is 0 Å². The van der Waals surface area contributed by atoms with Crippen LogP contribution in [0.3, 0.4) is 0 Å². The second-order valence-corrected chi connectivity index (χ2v) is 5.28. The molecule has 0 amide bonds. The first-order valence-corrected chi connectivity index (χ1v) is 6.72. The van der Waals surface area contributed by atoms with E-state index in [9.17, 15) is 0 Å². The van der Waals surface area contributed by atoms with E-state index in [2.05, 4.69) is 35.9 Å². The van der Waals surface area contributed by atoms with E-state index in [4.69, 9.17) is 5.73 Å². The lowest BCUT2D eigenvalue weighted by Crippen LogP contribution is -2.06. The molecule has 3 rings (SSSR count). The Balaban J connectivity index is 2.12. The minimum atomic E-state index is 0.000903.